The molecule has 0 spiro atoms. The van der Waals surface area contributed by atoms with Gasteiger partial charge in [0.25, 0.3) is 5.91 Å². The van der Waals surface area contributed by atoms with Crippen LogP contribution >= 0.6 is 0 Å². The highest BCUT2D eigenvalue weighted by atomic mass is 16.3. The molecule has 2 rings (SSSR count). The van der Waals surface area contributed by atoms with E-state index in [4.69, 9.17) is 5.11 Å². The summed E-state index contributed by atoms with van der Waals surface area (Å²) in [7, 11) is 0. The number of nitrogens with one attached hydrogen (secondary N) is 2. The number of amides is 1. The minimum Gasteiger partial charge on any atom is -0.396 e. The molecule has 0 aliphatic heterocycles. The van der Waals surface area contributed by atoms with Crippen LogP contribution in [0.2, 0.25) is 0 Å². The molecule has 2 aromatic rings. The van der Waals surface area contributed by atoms with Crippen LogP contribution in [0.15, 0.2) is 24.3 Å². The fourth-order valence-corrected chi connectivity index (χ4v) is 1.66. The summed E-state index contributed by atoms with van der Waals surface area (Å²) in [5.41, 5.74) is 1.24. The number of aromatic nitrogens is 4. The number of hydrogen-bond donors (Lipinski definition) is 3. The molecule has 7 nitrogen and oxygen atoms in total. The van der Waals surface area contributed by atoms with Gasteiger partial charge in [-0.3, -0.25) is 4.79 Å². The van der Waals surface area contributed by atoms with Crippen LogP contribution in [0, 0.1) is 0 Å². The van der Waals surface area contributed by atoms with Crippen molar-refractivity contribution in [3.05, 3.63) is 29.8 Å². The number of rotatable bonds is 5. The van der Waals surface area contributed by atoms with Gasteiger partial charge in [0.05, 0.1) is 0 Å². The van der Waals surface area contributed by atoms with E-state index in [2.05, 4.69) is 25.9 Å². The molecule has 0 saturated heterocycles. The normalized spacial score (nSPS) is 12.1. The third kappa shape index (κ3) is 3.35. The van der Waals surface area contributed by atoms with Gasteiger partial charge in [0.2, 0.25) is 5.82 Å². The average Bonchev–Trinajstić information content (AvgIpc) is 2.93. The number of aliphatic hydroxyl groups excluding tert-OH is 1. The van der Waals surface area contributed by atoms with Gasteiger partial charge in [-0.1, -0.05) is 12.1 Å². The molecule has 0 radical (unpaired) electrons. The first-order valence-corrected chi connectivity index (χ1v) is 5.96. The molecule has 1 amide bonds. The van der Waals surface area contributed by atoms with Crippen LogP contribution in [0.1, 0.15) is 23.7 Å². The van der Waals surface area contributed by atoms with Crippen molar-refractivity contribution >= 4 is 5.91 Å². The Morgan fingerprint density at radius 3 is 3.05 bits per heavy atom. The summed E-state index contributed by atoms with van der Waals surface area (Å²) in [5, 5.41) is 25.2. The van der Waals surface area contributed by atoms with Crippen molar-refractivity contribution in [3.8, 4) is 11.4 Å². The topological polar surface area (TPSA) is 104 Å². The Morgan fingerprint density at radius 2 is 2.37 bits per heavy atom. The van der Waals surface area contributed by atoms with E-state index in [1.807, 2.05) is 6.92 Å². The molecule has 0 aliphatic rings. The highest BCUT2D eigenvalue weighted by Crippen LogP contribution is 2.15. The van der Waals surface area contributed by atoms with E-state index in [1.165, 1.54) is 0 Å². The molecular weight excluding hydrogens is 246 g/mol. The molecule has 0 aliphatic carbocycles. The van der Waals surface area contributed by atoms with Gasteiger partial charge in [0.15, 0.2) is 0 Å². The predicted octanol–water partition coefficient (Wildman–Crippen LogP) is 0.367. The van der Waals surface area contributed by atoms with Gasteiger partial charge in [-0.2, -0.15) is 5.21 Å². The first-order valence-electron chi connectivity index (χ1n) is 5.96. The molecule has 1 unspecified atom stereocenters. The van der Waals surface area contributed by atoms with E-state index in [9.17, 15) is 4.79 Å². The smallest absolute Gasteiger partial charge is 0.251 e. The Bertz CT molecular complexity index is 541. The lowest BCUT2D eigenvalue weighted by molar-refractivity contribution is 0.0934. The van der Waals surface area contributed by atoms with Gasteiger partial charge in [0, 0.05) is 23.8 Å². The molecule has 100 valence electrons. The van der Waals surface area contributed by atoms with Crippen LogP contribution in [0.5, 0.6) is 0 Å². The molecular formula is C12H15N5O2. The van der Waals surface area contributed by atoms with Crippen molar-refractivity contribution in [2.45, 2.75) is 19.4 Å². The summed E-state index contributed by atoms with van der Waals surface area (Å²) >= 11 is 0. The Balaban J connectivity index is 2.12. The highest BCUT2D eigenvalue weighted by molar-refractivity contribution is 5.95. The fraction of sp³-hybridized carbons (Fsp3) is 0.333. The maximum Gasteiger partial charge on any atom is 0.251 e. The standard InChI is InChI=1S/C12H15N5O2/c1-8(5-6-18)13-12(19)10-4-2-3-9(7-10)11-14-16-17-15-11/h2-4,7-8,18H,5-6H2,1H3,(H,13,19)(H,14,15,16,17). The second-order valence-electron chi connectivity index (χ2n) is 4.20. The summed E-state index contributed by atoms with van der Waals surface area (Å²) in [4.78, 5) is 12.0. The molecule has 7 heteroatoms. The first-order chi connectivity index (χ1) is 9.20. The second kappa shape index (κ2) is 6.05. The lowest BCUT2D eigenvalue weighted by Gasteiger charge is -2.12. The molecule has 19 heavy (non-hydrogen) atoms. The Labute approximate surface area is 110 Å². The number of carbonyl (C=O) groups excluding carboxylic acids is 1. The number of tetrazole rings is 1. The third-order valence-corrected chi connectivity index (χ3v) is 2.67. The zero-order chi connectivity index (χ0) is 13.7. The zero-order valence-corrected chi connectivity index (χ0v) is 10.5. The quantitative estimate of drug-likeness (QED) is 0.721. The van der Waals surface area contributed by atoms with Crippen LogP contribution in [-0.2, 0) is 0 Å². The summed E-state index contributed by atoms with van der Waals surface area (Å²) in [6, 6.07) is 6.90. The van der Waals surface area contributed by atoms with Crippen molar-refractivity contribution in [2.75, 3.05) is 6.61 Å². The Morgan fingerprint density at radius 1 is 1.53 bits per heavy atom. The van der Waals surface area contributed by atoms with E-state index in [1.54, 1.807) is 24.3 Å². The van der Waals surface area contributed by atoms with Crippen molar-refractivity contribution in [1.29, 1.82) is 0 Å². The number of nitrogens with zero attached hydrogens (tertiary/aromatic N) is 3. The minimum absolute atomic E-state index is 0.0460. The maximum absolute atomic E-state index is 12.0. The largest absolute Gasteiger partial charge is 0.396 e. The van der Waals surface area contributed by atoms with Gasteiger partial charge in [0.1, 0.15) is 0 Å². The molecule has 1 aromatic heterocycles. The maximum atomic E-state index is 12.0. The van der Waals surface area contributed by atoms with Crippen molar-refractivity contribution in [2.24, 2.45) is 0 Å². The Hall–Kier alpha value is -2.28. The van der Waals surface area contributed by atoms with Gasteiger partial charge < -0.3 is 10.4 Å². The van der Waals surface area contributed by atoms with Crippen LogP contribution in [-0.4, -0.2) is 44.3 Å². The van der Waals surface area contributed by atoms with E-state index >= 15 is 0 Å². The first kappa shape index (κ1) is 13.2. The van der Waals surface area contributed by atoms with Gasteiger partial charge in [-0.25, -0.2) is 0 Å². The van der Waals surface area contributed by atoms with E-state index in [-0.39, 0.29) is 18.6 Å². The number of aromatic amines is 1. The average molecular weight is 261 g/mol. The predicted molar refractivity (Wildman–Crippen MR) is 68.2 cm³/mol. The number of carbonyl (C=O) groups is 1. The van der Waals surface area contributed by atoms with Crippen LogP contribution in [0.25, 0.3) is 11.4 Å². The SMILES string of the molecule is CC(CCO)NC(=O)c1cccc(-c2nn[nH]n2)c1. The molecule has 1 atom stereocenters. The summed E-state index contributed by atoms with van der Waals surface area (Å²) in [5.74, 6) is 0.254. The number of benzene rings is 1. The molecule has 0 saturated carbocycles. The number of H-pyrrole nitrogens is 1. The Kier molecular flexibility index (Phi) is 4.19. The lowest BCUT2D eigenvalue weighted by atomic mass is 10.1. The monoisotopic (exact) mass is 261 g/mol. The summed E-state index contributed by atoms with van der Waals surface area (Å²) < 4.78 is 0. The summed E-state index contributed by atoms with van der Waals surface area (Å²) in [6.45, 7) is 1.89. The third-order valence-electron chi connectivity index (χ3n) is 2.67. The minimum atomic E-state index is -0.189. The zero-order valence-electron chi connectivity index (χ0n) is 10.5. The van der Waals surface area contributed by atoms with Crippen molar-refractivity contribution in [1.82, 2.24) is 25.9 Å². The van der Waals surface area contributed by atoms with E-state index in [0.29, 0.717) is 17.8 Å². The van der Waals surface area contributed by atoms with E-state index < -0.39 is 0 Å². The second-order valence-corrected chi connectivity index (χ2v) is 4.20. The van der Waals surface area contributed by atoms with Gasteiger partial charge in [-0.15, -0.1) is 10.2 Å². The fourth-order valence-electron chi connectivity index (χ4n) is 1.66. The van der Waals surface area contributed by atoms with Gasteiger partial charge in [-0.05, 0) is 30.7 Å². The molecule has 1 aromatic carbocycles. The van der Waals surface area contributed by atoms with Gasteiger partial charge >= 0.3 is 0 Å². The number of aliphatic hydroxyl groups is 1. The molecule has 0 bridgehead atoms. The number of hydrogen-bond acceptors (Lipinski definition) is 5. The van der Waals surface area contributed by atoms with Crippen LogP contribution in [0.3, 0.4) is 0 Å². The highest BCUT2D eigenvalue weighted by Gasteiger charge is 2.11. The van der Waals surface area contributed by atoms with Crippen LogP contribution in [0.4, 0.5) is 0 Å². The van der Waals surface area contributed by atoms with E-state index in [0.717, 1.165) is 5.56 Å². The molecule has 0 fully saturated rings. The van der Waals surface area contributed by atoms with Crippen molar-refractivity contribution in [3.63, 3.8) is 0 Å². The summed E-state index contributed by atoms with van der Waals surface area (Å²) in [6.07, 6.45) is 0.524. The molecule has 3 N–H and O–H groups in total. The van der Waals surface area contributed by atoms with Crippen molar-refractivity contribution < 1.29 is 9.90 Å². The molecule has 1 heterocycles. The lowest BCUT2D eigenvalue weighted by Crippen LogP contribution is -2.33. The van der Waals surface area contributed by atoms with Crippen LogP contribution < -0.4 is 5.32 Å².